The second-order valence-corrected chi connectivity index (χ2v) is 7.31. The second-order valence-electron chi connectivity index (χ2n) is 4.95. The number of rotatable bonds is 4. The van der Waals surface area contributed by atoms with E-state index in [1.54, 1.807) is 7.11 Å². The Morgan fingerprint density at radius 1 is 1.33 bits per heavy atom. The van der Waals surface area contributed by atoms with Crippen LogP contribution >= 0.6 is 23.5 Å². The summed E-state index contributed by atoms with van der Waals surface area (Å²) in [4.78, 5) is 8.34. The summed E-state index contributed by atoms with van der Waals surface area (Å²) in [5.41, 5.74) is 0. The number of morpholine rings is 1. The molecule has 4 nitrogen and oxygen atoms in total. The van der Waals surface area contributed by atoms with Crippen molar-refractivity contribution in [1.82, 2.24) is 4.90 Å². The SMILES string of the molecule is COc1ccc(SC[C@@H]2CN=C(N3CCOCC3)S2)cc1. The number of hydrogen-bond donors (Lipinski definition) is 0. The first-order chi connectivity index (χ1) is 10.3. The molecule has 0 aliphatic carbocycles. The van der Waals surface area contributed by atoms with Crippen molar-refractivity contribution in [2.45, 2.75) is 10.1 Å². The molecule has 1 saturated heterocycles. The van der Waals surface area contributed by atoms with Crippen molar-refractivity contribution in [2.24, 2.45) is 4.99 Å². The van der Waals surface area contributed by atoms with E-state index in [2.05, 4.69) is 17.0 Å². The van der Waals surface area contributed by atoms with Crippen LogP contribution in [-0.2, 0) is 4.74 Å². The predicted molar refractivity (Wildman–Crippen MR) is 89.8 cm³/mol. The molecule has 0 N–H and O–H groups in total. The van der Waals surface area contributed by atoms with Gasteiger partial charge < -0.3 is 14.4 Å². The summed E-state index contributed by atoms with van der Waals surface area (Å²) in [6.07, 6.45) is 0. The van der Waals surface area contributed by atoms with Crippen LogP contribution in [0.1, 0.15) is 0 Å². The molecule has 0 radical (unpaired) electrons. The Morgan fingerprint density at radius 3 is 2.81 bits per heavy atom. The minimum Gasteiger partial charge on any atom is -0.497 e. The van der Waals surface area contributed by atoms with Crippen molar-refractivity contribution in [2.75, 3.05) is 45.7 Å². The zero-order chi connectivity index (χ0) is 14.5. The van der Waals surface area contributed by atoms with E-state index in [4.69, 9.17) is 14.5 Å². The van der Waals surface area contributed by atoms with Gasteiger partial charge in [0.25, 0.3) is 0 Å². The fourth-order valence-electron chi connectivity index (χ4n) is 2.28. The molecule has 2 heterocycles. The lowest BCUT2D eigenvalue weighted by Crippen LogP contribution is -2.39. The van der Waals surface area contributed by atoms with Crippen LogP contribution in [-0.4, -0.2) is 61.0 Å². The van der Waals surface area contributed by atoms with Crippen molar-refractivity contribution in [3.63, 3.8) is 0 Å². The highest BCUT2D eigenvalue weighted by atomic mass is 32.2. The third-order valence-corrected chi connectivity index (χ3v) is 6.11. The summed E-state index contributed by atoms with van der Waals surface area (Å²) < 4.78 is 10.6. The lowest BCUT2D eigenvalue weighted by molar-refractivity contribution is 0.0693. The molecule has 0 bridgehead atoms. The average molecular weight is 324 g/mol. The maximum atomic E-state index is 5.39. The first kappa shape index (κ1) is 15.1. The highest BCUT2D eigenvalue weighted by Gasteiger charge is 2.25. The molecule has 0 aromatic heterocycles. The van der Waals surface area contributed by atoms with E-state index in [9.17, 15) is 0 Å². The van der Waals surface area contributed by atoms with Gasteiger partial charge >= 0.3 is 0 Å². The zero-order valence-electron chi connectivity index (χ0n) is 12.2. The third-order valence-electron chi connectivity index (χ3n) is 3.48. The van der Waals surface area contributed by atoms with E-state index >= 15 is 0 Å². The van der Waals surface area contributed by atoms with Gasteiger partial charge in [-0.1, -0.05) is 11.8 Å². The Bertz CT molecular complexity index is 487. The van der Waals surface area contributed by atoms with E-state index in [0.29, 0.717) is 5.25 Å². The molecule has 21 heavy (non-hydrogen) atoms. The maximum absolute atomic E-state index is 5.39. The number of ether oxygens (including phenoxy) is 2. The summed E-state index contributed by atoms with van der Waals surface area (Å²) in [7, 11) is 1.70. The number of thioether (sulfide) groups is 2. The molecular formula is C15H20N2O2S2. The Balaban J connectivity index is 1.44. The molecule has 0 spiro atoms. The van der Waals surface area contributed by atoms with Crippen LogP contribution in [0.15, 0.2) is 34.2 Å². The first-order valence-corrected chi connectivity index (χ1v) is 9.02. The fourth-order valence-corrected chi connectivity index (χ4v) is 4.50. The van der Waals surface area contributed by atoms with E-state index < -0.39 is 0 Å². The van der Waals surface area contributed by atoms with Gasteiger partial charge in [-0.3, -0.25) is 4.99 Å². The van der Waals surface area contributed by atoms with E-state index in [0.717, 1.165) is 44.4 Å². The van der Waals surface area contributed by atoms with Crippen LogP contribution in [0.5, 0.6) is 5.75 Å². The third kappa shape index (κ3) is 4.08. The van der Waals surface area contributed by atoms with Crippen molar-refractivity contribution in [3.05, 3.63) is 24.3 Å². The average Bonchev–Trinajstić information content (AvgIpc) is 3.03. The lowest BCUT2D eigenvalue weighted by Gasteiger charge is -2.28. The fraction of sp³-hybridized carbons (Fsp3) is 0.533. The number of benzene rings is 1. The molecule has 2 aliphatic rings. The largest absolute Gasteiger partial charge is 0.497 e. The van der Waals surface area contributed by atoms with Crippen LogP contribution in [0.4, 0.5) is 0 Å². The smallest absolute Gasteiger partial charge is 0.159 e. The Morgan fingerprint density at radius 2 is 2.10 bits per heavy atom. The van der Waals surface area contributed by atoms with Crippen LogP contribution in [0, 0.1) is 0 Å². The molecule has 1 atom stereocenters. The predicted octanol–water partition coefficient (Wildman–Crippen LogP) is 2.59. The Hall–Kier alpha value is -0.850. The summed E-state index contributed by atoms with van der Waals surface area (Å²) >= 11 is 3.81. The maximum Gasteiger partial charge on any atom is 0.159 e. The lowest BCUT2D eigenvalue weighted by atomic mass is 10.3. The summed E-state index contributed by atoms with van der Waals surface area (Å²) in [5.74, 6) is 2.00. The topological polar surface area (TPSA) is 34.1 Å². The van der Waals surface area contributed by atoms with E-state index in [-0.39, 0.29) is 0 Å². The van der Waals surface area contributed by atoms with Gasteiger partial charge in [0.1, 0.15) is 5.75 Å². The first-order valence-electron chi connectivity index (χ1n) is 7.16. The van der Waals surface area contributed by atoms with Crippen LogP contribution in [0.2, 0.25) is 0 Å². The van der Waals surface area contributed by atoms with Crippen LogP contribution in [0.3, 0.4) is 0 Å². The number of aliphatic imine (C=N–C) groups is 1. The molecule has 1 fully saturated rings. The molecule has 6 heteroatoms. The van der Waals surface area contributed by atoms with Gasteiger partial charge in [0.05, 0.1) is 26.9 Å². The van der Waals surface area contributed by atoms with Gasteiger partial charge in [-0.25, -0.2) is 0 Å². The molecule has 0 unspecified atom stereocenters. The molecule has 2 aliphatic heterocycles. The van der Waals surface area contributed by atoms with Crippen LogP contribution < -0.4 is 4.74 Å². The zero-order valence-corrected chi connectivity index (χ0v) is 13.8. The highest BCUT2D eigenvalue weighted by Crippen LogP contribution is 2.30. The molecule has 0 amide bonds. The number of methoxy groups -OCH3 is 1. The minimum atomic E-state index is 0.579. The van der Waals surface area contributed by atoms with Gasteiger partial charge in [0.15, 0.2) is 5.17 Å². The quantitative estimate of drug-likeness (QED) is 0.795. The molecule has 3 rings (SSSR count). The second kappa shape index (κ2) is 7.42. The monoisotopic (exact) mass is 324 g/mol. The van der Waals surface area contributed by atoms with Gasteiger partial charge in [0.2, 0.25) is 0 Å². The van der Waals surface area contributed by atoms with Crippen molar-refractivity contribution in [3.8, 4) is 5.75 Å². The molecule has 0 saturated carbocycles. The number of amidine groups is 1. The van der Waals surface area contributed by atoms with Crippen molar-refractivity contribution < 1.29 is 9.47 Å². The van der Waals surface area contributed by atoms with E-state index in [1.165, 1.54) is 10.1 Å². The summed E-state index contributed by atoms with van der Waals surface area (Å²) in [6, 6.07) is 8.26. The number of hydrogen-bond acceptors (Lipinski definition) is 6. The van der Waals surface area contributed by atoms with Gasteiger partial charge in [-0.05, 0) is 24.3 Å². The number of nitrogens with zero attached hydrogens (tertiary/aromatic N) is 2. The Kier molecular flexibility index (Phi) is 5.32. The van der Waals surface area contributed by atoms with E-state index in [1.807, 2.05) is 35.7 Å². The normalized spacial score (nSPS) is 22.2. The minimum absolute atomic E-state index is 0.579. The molecule has 1 aromatic carbocycles. The standard InChI is InChI=1S/C15H20N2O2S2/c1-18-12-2-4-13(5-3-12)20-11-14-10-16-15(21-14)17-6-8-19-9-7-17/h2-5,14H,6-11H2,1H3/t14-/m0/s1. The van der Waals surface area contributed by atoms with Crippen LogP contribution in [0.25, 0.3) is 0 Å². The summed E-state index contributed by atoms with van der Waals surface area (Å²) in [5, 5.41) is 1.79. The Labute approximate surface area is 134 Å². The van der Waals surface area contributed by atoms with Gasteiger partial charge in [-0.2, -0.15) is 0 Å². The van der Waals surface area contributed by atoms with Crippen molar-refractivity contribution in [1.29, 1.82) is 0 Å². The van der Waals surface area contributed by atoms with Gasteiger partial charge in [-0.15, -0.1) is 11.8 Å². The molecular weight excluding hydrogens is 304 g/mol. The van der Waals surface area contributed by atoms with Gasteiger partial charge in [0, 0.05) is 29.0 Å². The molecule has 1 aromatic rings. The van der Waals surface area contributed by atoms with Crippen molar-refractivity contribution >= 4 is 28.7 Å². The summed E-state index contributed by atoms with van der Waals surface area (Å²) in [6.45, 7) is 4.53. The highest BCUT2D eigenvalue weighted by molar-refractivity contribution is 8.15. The molecule has 114 valence electrons.